The van der Waals surface area contributed by atoms with E-state index in [1.54, 1.807) is 19.1 Å². The minimum absolute atomic E-state index is 0.258. The lowest BCUT2D eigenvalue weighted by Gasteiger charge is -2.18. The third-order valence-corrected chi connectivity index (χ3v) is 5.52. The van der Waals surface area contributed by atoms with E-state index in [0.717, 1.165) is 23.4 Å². The molecule has 0 bridgehead atoms. The molecule has 2 aromatic rings. The second-order valence-corrected chi connectivity index (χ2v) is 7.63. The molecule has 1 aromatic carbocycles. The van der Waals surface area contributed by atoms with Crippen LogP contribution in [0.3, 0.4) is 0 Å². The molecule has 1 atom stereocenters. The predicted molar refractivity (Wildman–Crippen MR) is 98.6 cm³/mol. The zero-order valence-electron chi connectivity index (χ0n) is 14.5. The highest BCUT2D eigenvalue weighted by molar-refractivity contribution is 7.15. The lowest BCUT2D eigenvalue weighted by atomic mass is 9.90. The molecule has 134 valence electrons. The molecule has 0 spiro atoms. The SMILES string of the molecule is Cc1ccc(N[C@@H](C)C(=O)Nc2nnc(C3CCCCC3)s2)c(F)c1. The molecule has 0 saturated heterocycles. The maximum atomic E-state index is 13.9. The summed E-state index contributed by atoms with van der Waals surface area (Å²) in [5.74, 6) is -0.157. The van der Waals surface area contributed by atoms with E-state index < -0.39 is 6.04 Å². The molecule has 1 aliphatic rings. The number of carbonyl (C=O) groups excluding carboxylic acids is 1. The molecule has 5 nitrogen and oxygen atoms in total. The number of aromatic nitrogens is 2. The molecule has 7 heteroatoms. The average molecular weight is 362 g/mol. The molecular weight excluding hydrogens is 339 g/mol. The molecule has 25 heavy (non-hydrogen) atoms. The Labute approximate surface area is 151 Å². The maximum absolute atomic E-state index is 13.9. The summed E-state index contributed by atoms with van der Waals surface area (Å²) in [6, 6.07) is 4.30. The number of hydrogen-bond acceptors (Lipinski definition) is 5. The fraction of sp³-hybridized carbons (Fsp3) is 0.500. The Morgan fingerprint density at radius 3 is 2.76 bits per heavy atom. The summed E-state index contributed by atoms with van der Waals surface area (Å²) < 4.78 is 13.9. The van der Waals surface area contributed by atoms with E-state index in [4.69, 9.17) is 0 Å². The standard InChI is InChI=1S/C18H23FN4OS/c1-11-8-9-15(14(19)10-11)20-12(2)16(24)21-18-23-22-17(25-18)13-6-4-3-5-7-13/h8-10,12-13,20H,3-7H2,1-2H3,(H,21,23,24)/t12-/m0/s1. The molecule has 0 aliphatic heterocycles. The molecule has 0 unspecified atom stereocenters. The Hall–Kier alpha value is -2.02. The largest absolute Gasteiger partial charge is 0.372 e. The molecule has 1 fully saturated rings. The summed E-state index contributed by atoms with van der Waals surface area (Å²) in [6.07, 6.45) is 6.04. The number of halogens is 1. The van der Waals surface area contributed by atoms with Crippen LogP contribution >= 0.6 is 11.3 Å². The van der Waals surface area contributed by atoms with Crippen molar-refractivity contribution >= 4 is 28.1 Å². The third kappa shape index (κ3) is 4.54. The van der Waals surface area contributed by atoms with E-state index >= 15 is 0 Å². The van der Waals surface area contributed by atoms with Crippen molar-refractivity contribution in [3.05, 3.63) is 34.6 Å². The number of aryl methyl sites for hydroxylation is 1. The number of amides is 1. The molecule has 1 heterocycles. The highest BCUT2D eigenvalue weighted by atomic mass is 32.1. The van der Waals surface area contributed by atoms with Crippen molar-refractivity contribution in [2.75, 3.05) is 10.6 Å². The lowest BCUT2D eigenvalue weighted by Crippen LogP contribution is -2.32. The van der Waals surface area contributed by atoms with Gasteiger partial charge in [0.15, 0.2) is 0 Å². The van der Waals surface area contributed by atoms with Crippen LogP contribution in [0.5, 0.6) is 0 Å². The van der Waals surface area contributed by atoms with Gasteiger partial charge in [-0.15, -0.1) is 10.2 Å². The van der Waals surface area contributed by atoms with E-state index in [1.807, 2.05) is 6.92 Å². The second-order valence-electron chi connectivity index (χ2n) is 6.62. The van der Waals surface area contributed by atoms with Crippen LogP contribution in [0.4, 0.5) is 15.2 Å². The summed E-state index contributed by atoms with van der Waals surface area (Å²) in [5.41, 5.74) is 1.15. The van der Waals surface area contributed by atoms with Crippen LogP contribution in [0.1, 0.15) is 55.5 Å². The minimum atomic E-state index is -0.584. The monoisotopic (exact) mass is 362 g/mol. The fourth-order valence-electron chi connectivity index (χ4n) is 3.05. The Balaban J connectivity index is 1.58. The van der Waals surface area contributed by atoms with Crippen molar-refractivity contribution in [3.63, 3.8) is 0 Å². The van der Waals surface area contributed by atoms with E-state index in [-0.39, 0.29) is 11.7 Å². The van der Waals surface area contributed by atoms with Gasteiger partial charge in [0.25, 0.3) is 0 Å². The van der Waals surface area contributed by atoms with Gasteiger partial charge < -0.3 is 5.32 Å². The van der Waals surface area contributed by atoms with E-state index in [9.17, 15) is 9.18 Å². The van der Waals surface area contributed by atoms with Gasteiger partial charge in [-0.1, -0.05) is 36.7 Å². The van der Waals surface area contributed by atoms with Gasteiger partial charge in [0.05, 0.1) is 5.69 Å². The van der Waals surface area contributed by atoms with Gasteiger partial charge in [-0.3, -0.25) is 10.1 Å². The summed E-state index contributed by atoms with van der Waals surface area (Å²) in [7, 11) is 0. The molecular formula is C18H23FN4OS. The normalized spacial score (nSPS) is 16.4. The van der Waals surface area contributed by atoms with Crippen molar-refractivity contribution in [3.8, 4) is 0 Å². The Kier molecular flexibility index (Phi) is 5.63. The number of rotatable bonds is 5. The van der Waals surface area contributed by atoms with Gasteiger partial charge in [0.1, 0.15) is 16.9 Å². The first kappa shape index (κ1) is 17.8. The summed E-state index contributed by atoms with van der Waals surface area (Å²) in [5, 5.41) is 15.5. The Bertz CT molecular complexity index is 742. The predicted octanol–water partition coefficient (Wildman–Crippen LogP) is 4.47. The fourth-order valence-corrected chi connectivity index (χ4v) is 3.96. The smallest absolute Gasteiger partial charge is 0.248 e. The molecule has 0 radical (unpaired) electrons. The average Bonchev–Trinajstić information content (AvgIpc) is 3.06. The molecule has 2 N–H and O–H groups in total. The maximum Gasteiger partial charge on any atom is 0.248 e. The number of benzene rings is 1. The van der Waals surface area contributed by atoms with Crippen LogP contribution in [0.15, 0.2) is 18.2 Å². The minimum Gasteiger partial charge on any atom is -0.372 e. The van der Waals surface area contributed by atoms with Gasteiger partial charge in [-0.25, -0.2) is 4.39 Å². The van der Waals surface area contributed by atoms with Crippen molar-refractivity contribution in [2.45, 2.75) is 57.9 Å². The number of carbonyl (C=O) groups is 1. The van der Waals surface area contributed by atoms with E-state index in [1.165, 1.54) is 36.7 Å². The van der Waals surface area contributed by atoms with Crippen LogP contribution in [-0.4, -0.2) is 22.1 Å². The number of nitrogens with zero attached hydrogens (tertiary/aromatic N) is 2. The van der Waals surface area contributed by atoms with Gasteiger partial charge in [0, 0.05) is 5.92 Å². The van der Waals surface area contributed by atoms with E-state index in [0.29, 0.717) is 16.7 Å². The summed E-state index contributed by atoms with van der Waals surface area (Å²) in [6.45, 7) is 3.51. The zero-order valence-corrected chi connectivity index (χ0v) is 15.3. The lowest BCUT2D eigenvalue weighted by molar-refractivity contribution is -0.116. The number of nitrogens with one attached hydrogen (secondary N) is 2. The van der Waals surface area contributed by atoms with E-state index in [2.05, 4.69) is 20.8 Å². The van der Waals surface area contributed by atoms with Crippen LogP contribution < -0.4 is 10.6 Å². The number of anilines is 2. The quantitative estimate of drug-likeness (QED) is 0.823. The van der Waals surface area contributed by atoms with Crippen LogP contribution in [0.2, 0.25) is 0 Å². The summed E-state index contributed by atoms with van der Waals surface area (Å²) in [4.78, 5) is 12.3. The zero-order chi connectivity index (χ0) is 17.8. The Morgan fingerprint density at radius 2 is 2.04 bits per heavy atom. The van der Waals surface area contributed by atoms with Crippen LogP contribution in [-0.2, 0) is 4.79 Å². The van der Waals surface area contributed by atoms with Crippen molar-refractivity contribution < 1.29 is 9.18 Å². The van der Waals surface area contributed by atoms with Crippen molar-refractivity contribution in [1.82, 2.24) is 10.2 Å². The highest BCUT2D eigenvalue weighted by Crippen LogP contribution is 2.35. The first-order valence-electron chi connectivity index (χ1n) is 8.70. The molecule has 1 aromatic heterocycles. The first-order valence-corrected chi connectivity index (χ1v) is 9.51. The van der Waals surface area contributed by atoms with Gasteiger partial charge in [-0.05, 0) is 44.4 Å². The molecule has 1 aliphatic carbocycles. The topological polar surface area (TPSA) is 66.9 Å². The molecule has 1 amide bonds. The molecule has 1 saturated carbocycles. The molecule has 3 rings (SSSR count). The second kappa shape index (κ2) is 7.91. The third-order valence-electron chi connectivity index (χ3n) is 4.52. The van der Waals surface area contributed by atoms with Crippen molar-refractivity contribution in [1.29, 1.82) is 0 Å². The van der Waals surface area contributed by atoms with Gasteiger partial charge >= 0.3 is 0 Å². The number of hydrogen-bond donors (Lipinski definition) is 2. The Morgan fingerprint density at radius 1 is 1.28 bits per heavy atom. The van der Waals surface area contributed by atoms with Gasteiger partial charge in [-0.2, -0.15) is 0 Å². The van der Waals surface area contributed by atoms with Crippen LogP contribution in [0.25, 0.3) is 0 Å². The van der Waals surface area contributed by atoms with Crippen LogP contribution in [0, 0.1) is 12.7 Å². The van der Waals surface area contributed by atoms with Crippen molar-refractivity contribution in [2.24, 2.45) is 0 Å². The summed E-state index contributed by atoms with van der Waals surface area (Å²) >= 11 is 1.44. The first-order chi connectivity index (χ1) is 12.0. The van der Waals surface area contributed by atoms with Gasteiger partial charge in [0.2, 0.25) is 11.0 Å². The highest BCUT2D eigenvalue weighted by Gasteiger charge is 2.21.